The maximum Gasteiger partial charge on any atom is 0.254 e. The second kappa shape index (κ2) is 11.0. The number of carbonyl (C=O) groups excluding carboxylic acids is 2. The van der Waals surface area contributed by atoms with Crippen molar-refractivity contribution in [2.24, 2.45) is 0 Å². The molecule has 1 aliphatic carbocycles. The van der Waals surface area contributed by atoms with Gasteiger partial charge in [0.1, 0.15) is 0 Å². The van der Waals surface area contributed by atoms with Gasteiger partial charge in [0.15, 0.2) is 11.5 Å². The van der Waals surface area contributed by atoms with E-state index >= 15 is 0 Å². The van der Waals surface area contributed by atoms with Crippen molar-refractivity contribution in [1.82, 2.24) is 10.2 Å². The molecule has 2 atom stereocenters. The van der Waals surface area contributed by atoms with Gasteiger partial charge in [-0.05, 0) is 48.6 Å². The number of nitrogens with zero attached hydrogens (tertiary/aromatic N) is 1. The molecule has 0 bridgehead atoms. The summed E-state index contributed by atoms with van der Waals surface area (Å²) in [6.45, 7) is 2.57. The minimum absolute atomic E-state index is 0.0447. The summed E-state index contributed by atoms with van der Waals surface area (Å²) in [5.74, 6) is 0.804. The van der Waals surface area contributed by atoms with E-state index < -0.39 is 12.0 Å². The van der Waals surface area contributed by atoms with Crippen LogP contribution in [0, 0.1) is 0 Å². The first-order valence-electron chi connectivity index (χ1n) is 12.5. The molecule has 2 amide bonds. The Morgan fingerprint density at radius 3 is 2.26 bits per heavy atom. The summed E-state index contributed by atoms with van der Waals surface area (Å²) in [4.78, 5) is 29.5. The first-order chi connectivity index (χ1) is 17.0. The van der Waals surface area contributed by atoms with Crippen LogP contribution in [0.3, 0.4) is 0 Å². The smallest absolute Gasteiger partial charge is 0.254 e. The van der Waals surface area contributed by atoms with Gasteiger partial charge >= 0.3 is 0 Å². The number of ether oxygens (including phenoxy) is 3. The summed E-state index contributed by atoms with van der Waals surface area (Å²) in [7, 11) is 4.70. The Balaban J connectivity index is 1.86. The molecule has 2 aromatic rings. The van der Waals surface area contributed by atoms with Crippen LogP contribution in [0.5, 0.6) is 17.2 Å². The molecule has 1 N–H and O–H groups in total. The van der Waals surface area contributed by atoms with Gasteiger partial charge in [0, 0.05) is 18.2 Å². The first kappa shape index (κ1) is 24.9. The maximum atomic E-state index is 14.0. The Labute approximate surface area is 207 Å². The zero-order valence-electron chi connectivity index (χ0n) is 21.1. The number of nitrogens with one attached hydrogen (secondary N) is 1. The summed E-state index contributed by atoms with van der Waals surface area (Å²) < 4.78 is 16.7. The number of hydrogen-bond donors (Lipinski definition) is 1. The highest BCUT2D eigenvalue weighted by atomic mass is 16.5. The van der Waals surface area contributed by atoms with Crippen LogP contribution in [0.15, 0.2) is 36.4 Å². The van der Waals surface area contributed by atoms with E-state index in [1.54, 1.807) is 21.3 Å². The topological polar surface area (TPSA) is 77.1 Å². The van der Waals surface area contributed by atoms with Gasteiger partial charge in [0.05, 0.1) is 33.3 Å². The van der Waals surface area contributed by atoms with E-state index in [0.717, 1.165) is 43.2 Å². The van der Waals surface area contributed by atoms with Crippen molar-refractivity contribution >= 4 is 11.8 Å². The van der Waals surface area contributed by atoms with Crippen LogP contribution < -0.4 is 19.5 Å². The summed E-state index contributed by atoms with van der Waals surface area (Å²) >= 11 is 0. The Morgan fingerprint density at radius 2 is 1.66 bits per heavy atom. The molecular weight excluding hydrogens is 444 g/mol. The van der Waals surface area contributed by atoms with Crippen molar-refractivity contribution in [2.45, 2.75) is 63.5 Å². The van der Waals surface area contributed by atoms with Gasteiger partial charge in [0.25, 0.3) is 5.91 Å². The molecule has 188 valence electrons. The molecule has 4 rings (SSSR count). The summed E-state index contributed by atoms with van der Waals surface area (Å²) in [6, 6.07) is 10.9. The fourth-order valence-corrected chi connectivity index (χ4v) is 5.54. The average molecular weight is 481 g/mol. The standard InChI is InChI=1S/C28H36N2O5/c1-5-15-30-25(18-16-22(33-2)26(35-4)23(17-18)34-3)24(20-13-9-10-14-21(20)28(30)32)27(31)29-19-11-7-6-8-12-19/h9-10,13-14,16-17,19,24-25H,5-8,11-12,15H2,1-4H3,(H,29,31)/t24-,25+/m1/s1. The largest absolute Gasteiger partial charge is 0.493 e. The van der Waals surface area contributed by atoms with E-state index in [1.165, 1.54) is 6.42 Å². The maximum absolute atomic E-state index is 14.0. The molecule has 1 fully saturated rings. The van der Waals surface area contributed by atoms with Gasteiger partial charge in [-0.15, -0.1) is 0 Å². The lowest BCUT2D eigenvalue weighted by Crippen LogP contribution is -2.49. The Kier molecular flexibility index (Phi) is 7.83. The van der Waals surface area contributed by atoms with Gasteiger partial charge in [-0.2, -0.15) is 0 Å². The van der Waals surface area contributed by atoms with E-state index in [2.05, 4.69) is 5.32 Å². The number of amides is 2. The van der Waals surface area contributed by atoms with Crippen LogP contribution in [0.4, 0.5) is 0 Å². The van der Waals surface area contributed by atoms with Crippen LogP contribution in [0.1, 0.15) is 78.9 Å². The zero-order chi connectivity index (χ0) is 24.9. The molecule has 35 heavy (non-hydrogen) atoms. The number of rotatable bonds is 8. The highest BCUT2D eigenvalue weighted by Crippen LogP contribution is 2.47. The SMILES string of the molecule is CCCN1C(=O)c2ccccc2[C@@H](C(=O)NC2CCCCC2)[C@@H]1c1cc(OC)c(OC)c(OC)c1. The summed E-state index contributed by atoms with van der Waals surface area (Å²) in [5, 5.41) is 3.32. The number of benzene rings is 2. The number of fused-ring (bicyclic) bond motifs is 1. The lowest BCUT2D eigenvalue weighted by Gasteiger charge is -2.42. The van der Waals surface area contributed by atoms with Crippen LogP contribution >= 0.6 is 0 Å². The Morgan fingerprint density at radius 1 is 1.00 bits per heavy atom. The second-order valence-electron chi connectivity index (χ2n) is 9.31. The third kappa shape index (κ3) is 4.81. The lowest BCUT2D eigenvalue weighted by molar-refractivity contribution is -0.125. The van der Waals surface area contributed by atoms with Gasteiger partial charge in [-0.1, -0.05) is 44.4 Å². The third-order valence-corrected chi connectivity index (χ3v) is 7.17. The van der Waals surface area contributed by atoms with Crippen LogP contribution in [-0.4, -0.2) is 50.6 Å². The van der Waals surface area contributed by atoms with Gasteiger partial charge < -0.3 is 24.4 Å². The third-order valence-electron chi connectivity index (χ3n) is 7.17. The number of methoxy groups -OCH3 is 3. The Bertz CT molecular complexity index is 1040. The van der Waals surface area contributed by atoms with Gasteiger partial charge in [-0.3, -0.25) is 9.59 Å². The number of carbonyl (C=O) groups is 2. The van der Waals surface area contributed by atoms with Crippen molar-refractivity contribution in [3.63, 3.8) is 0 Å². The quantitative estimate of drug-likeness (QED) is 0.584. The number of hydrogen-bond acceptors (Lipinski definition) is 5. The van der Waals surface area contributed by atoms with E-state index in [9.17, 15) is 9.59 Å². The molecule has 7 heteroatoms. The van der Waals surface area contributed by atoms with E-state index in [1.807, 2.05) is 48.2 Å². The van der Waals surface area contributed by atoms with Crippen LogP contribution in [-0.2, 0) is 4.79 Å². The highest BCUT2D eigenvalue weighted by molar-refractivity contribution is 6.01. The fraction of sp³-hybridized carbons (Fsp3) is 0.500. The van der Waals surface area contributed by atoms with E-state index in [-0.39, 0.29) is 17.9 Å². The van der Waals surface area contributed by atoms with Crippen LogP contribution in [0.2, 0.25) is 0 Å². The molecule has 0 aromatic heterocycles. The van der Waals surface area contributed by atoms with Crippen molar-refractivity contribution in [1.29, 1.82) is 0 Å². The molecule has 0 unspecified atom stereocenters. The van der Waals surface area contributed by atoms with Gasteiger partial charge in [0.2, 0.25) is 11.7 Å². The molecule has 1 saturated carbocycles. The molecule has 1 heterocycles. The predicted molar refractivity (Wildman–Crippen MR) is 134 cm³/mol. The van der Waals surface area contributed by atoms with E-state index in [4.69, 9.17) is 14.2 Å². The zero-order valence-corrected chi connectivity index (χ0v) is 21.1. The molecule has 0 spiro atoms. The van der Waals surface area contributed by atoms with Crippen molar-refractivity contribution in [2.75, 3.05) is 27.9 Å². The van der Waals surface area contributed by atoms with Crippen molar-refractivity contribution in [3.05, 3.63) is 53.1 Å². The minimum Gasteiger partial charge on any atom is -0.493 e. The normalized spacial score (nSPS) is 20.2. The fourth-order valence-electron chi connectivity index (χ4n) is 5.54. The van der Waals surface area contributed by atoms with E-state index in [0.29, 0.717) is 29.4 Å². The molecule has 7 nitrogen and oxygen atoms in total. The predicted octanol–water partition coefficient (Wildman–Crippen LogP) is 4.85. The van der Waals surface area contributed by atoms with Crippen LogP contribution in [0.25, 0.3) is 0 Å². The minimum atomic E-state index is -0.555. The second-order valence-corrected chi connectivity index (χ2v) is 9.31. The molecule has 2 aliphatic rings. The summed E-state index contributed by atoms with van der Waals surface area (Å²) in [6.07, 6.45) is 6.22. The molecule has 1 aliphatic heterocycles. The molecule has 0 saturated heterocycles. The summed E-state index contributed by atoms with van der Waals surface area (Å²) in [5.41, 5.74) is 2.13. The average Bonchev–Trinajstić information content (AvgIpc) is 2.89. The monoisotopic (exact) mass is 480 g/mol. The lowest BCUT2D eigenvalue weighted by atomic mass is 9.78. The van der Waals surface area contributed by atoms with Gasteiger partial charge in [-0.25, -0.2) is 0 Å². The molecule has 0 radical (unpaired) electrons. The molecule has 2 aromatic carbocycles. The molecular formula is C28H36N2O5. The first-order valence-corrected chi connectivity index (χ1v) is 12.5. The highest BCUT2D eigenvalue weighted by Gasteiger charge is 2.44. The van der Waals surface area contributed by atoms with Crippen molar-refractivity contribution in [3.8, 4) is 17.2 Å². The Hall–Kier alpha value is -3.22. The van der Waals surface area contributed by atoms with Crippen molar-refractivity contribution < 1.29 is 23.8 Å².